The molecule has 2 heteroatoms. The van der Waals surface area contributed by atoms with Crippen molar-refractivity contribution in [1.29, 1.82) is 0 Å². The summed E-state index contributed by atoms with van der Waals surface area (Å²) in [6, 6.07) is 2.20. The number of ether oxygens (including phenoxy) is 1. The van der Waals surface area contributed by atoms with Gasteiger partial charge in [-0.2, -0.15) is 11.3 Å². The molecule has 0 aromatic carbocycles. The minimum atomic E-state index is -0.0502. The Morgan fingerprint density at radius 3 is 2.36 bits per heavy atom. The number of methoxy groups -OCH3 is 1. The summed E-state index contributed by atoms with van der Waals surface area (Å²) >= 11 is 1.76. The van der Waals surface area contributed by atoms with Crippen molar-refractivity contribution in [3.8, 4) is 0 Å². The lowest BCUT2D eigenvalue weighted by molar-refractivity contribution is 0.000164. The molecule has 1 rings (SSSR count). The molecule has 0 saturated carbocycles. The normalized spacial score (nSPS) is 13.2. The average molecular weight is 212 g/mol. The molecule has 1 heterocycles. The van der Waals surface area contributed by atoms with E-state index in [-0.39, 0.29) is 11.0 Å². The maximum absolute atomic E-state index is 5.47. The van der Waals surface area contributed by atoms with Crippen molar-refractivity contribution >= 4 is 11.3 Å². The Morgan fingerprint density at radius 2 is 1.93 bits per heavy atom. The van der Waals surface area contributed by atoms with Gasteiger partial charge in [-0.1, -0.05) is 13.8 Å². The second-order valence-corrected chi connectivity index (χ2v) is 5.82. The van der Waals surface area contributed by atoms with Crippen molar-refractivity contribution < 1.29 is 4.74 Å². The molecule has 1 aromatic heterocycles. The molecule has 14 heavy (non-hydrogen) atoms. The fourth-order valence-corrected chi connectivity index (χ4v) is 2.74. The third-order valence-electron chi connectivity index (χ3n) is 2.72. The fourth-order valence-electron chi connectivity index (χ4n) is 1.89. The molecule has 0 N–H and O–H groups in total. The van der Waals surface area contributed by atoms with Crippen LogP contribution in [0.25, 0.3) is 0 Å². The predicted octanol–water partition coefficient (Wildman–Crippen LogP) is 3.84. The Bertz CT molecular complexity index is 273. The van der Waals surface area contributed by atoms with Crippen molar-refractivity contribution in [3.63, 3.8) is 0 Å². The number of hydrogen-bond donors (Lipinski definition) is 0. The second kappa shape index (κ2) is 4.03. The zero-order valence-electron chi connectivity index (χ0n) is 9.76. The molecule has 0 aliphatic heterocycles. The van der Waals surface area contributed by atoms with Crippen molar-refractivity contribution in [2.75, 3.05) is 7.11 Å². The summed E-state index contributed by atoms with van der Waals surface area (Å²) in [6.07, 6.45) is 1.03. The highest BCUT2D eigenvalue weighted by atomic mass is 32.1. The van der Waals surface area contributed by atoms with Gasteiger partial charge in [-0.05, 0) is 48.1 Å². The van der Waals surface area contributed by atoms with Gasteiger partial charge in [-0.3, -0.25) is 0 Å². The zero-order valence-corrected chi connectivity index (χ0v) is 10.6. The summed E-state index contributed by atoms with van der Waals surface area (Å²) in [6.45, 7) is 8.83. The minimum Gasteiger partial charge on any atom is -0.379 e. The standard InChI is InChI=1S/C12H20OS/c1-11(2,9-12(3,4)13-5)10-6-7-14-8-10/h6-8H,9H2,1-5H3. The lowest BCUT2D eigenvalue weighted by Crippen LogP contribution is -2.32. The molecule has 80 valence electrons. The minimum absolute atomic E-state index is 0.0502. The van der Waals surface area contributed by atoms with E-state index in [0.29, 0.717) is 0 Å². The van der Waals surface area contributed by atoms with Gasteiger partial charge in [-0.25, -0.2) is 0 Å². The lowest BCUT2D eigenvalue weighted by Gasteiger charge is -2.33. The predicted molar refractivity (Wildman–Crippen MR) is 63.1 cm³/mol. The first-order chi connectivity index (χ1) is 6.37. The topological polar surface area (TPSA) is 9.23 Å². The van der Waals surface area contributed by atoms with E-state index in [2.05, 4.69) is 44.5 Å². The highest BCUT2D eigenvalue weighted by molar-refractivity contribution is 7.08. The average Bonchev–Trinajstić information content (AvgIpc) is 2.54. The van der Waals surface area contributed by atoms with Crippen LogP contribution in [0.2, 0.25) is 0 Å². The molecule has 0 amide bonds. The molecule has 0 aliphatic rings. The second-order valence-electron chi connectivity index (χ2n) is 5.04. The van der Waals surface area contributed by atoms with Crippen LogP contribution in [0.3, 0.4) is 0 Å². The van der Waals surface area contributed by atoms with Gasteiger partial charge in [0.2, 0.25) is 0 Å². The molecule has 1 nitrogen and oxygen atoms in total. The Kier molecular flexibility index (Phi) is 3.38. The Labute approximate surface area is 91.1 Å². The van der Waals surface area contributed by atoms with Gasteiger partial charge in [0.1, 0.15) is 0 Å². The van der Waals surface area contributed by atoms with Crippen LogP contribution in [0.4, 0.5) is 0 Å². The van der Waals surface area contributed by atoms with Gasteiger partial charge in [0.25, 0.3) is 0 Å². The van der Waals surface area contributed by atoms with E-state index >= 15 is 0 Å². The Morgan fingerprint density at radius 1 is 1.29 bits per heavy atom. The fraction of sp³-hybridized carbons (Fsp3) is 0.667. The maximum atomic E-state index is 5.47. The number of hydrogen-bond acceptors (Lipinski definition) is 2. The van der Waals surface area contributed by atoms with E-state index in [0.717, 1.165) is 6.42 Å². The van der Waals surface area contributed by atoms with Crippen molar-refractivity contribution in [3.05, 3.63) is 22.4 Å². The van der Waals surface area contributed by atoms with Crippen LogP contribution in [0.15, 0.2) is 16.8 Å². The molecular formula is C12H20OS. The van der Waals surface area contributed by atoms with Crippen LogP contribution in [-0.4, -0.2) is 12.7 Å². The van der Waals surface area contributed by atoms with Crippen LogP contribution in [-0.2, 0) is 10.2 Å². The Hall–Kier alpha value is -0.340. The van der Waals surface area contributed by atoms with Gasteiger partial charge in [0.05, 0.1) is 5.60 Å². The lowest BCUT2D eigenvalue weighted by atomic mass is 9.77. The number of rotatable bonds is 4. The molecule has 0 atom stereocenters. The summed E-state index contributed by atoms with van der Waals surface area (Å²) in [5, 5.41) is 4.36. The third-order valence-corrected chi connectivity index (χ3v) is 3.41. The first-order valence-corrected chi connectivity index (χ1v) is 5.89. The van der Waals surface area contributed by atoms with E-state index in [9.17, 15) is 0 Å². The highest BCUT2D eigenvalue weighted by Gasteiger charge is 2.30. The summed E-state index contributed by atoms with van der Waals surface area (Å²) in [5.74, 6) is 0. The zero-order chi connectivity index (χ0) is 10.8. The molecule has 0 bridgehead atoms. The molecule has 0 radical (unpaired) electrons. The van der Waals surface area contributed by atoms with Crippen molar-refractivity contribution in [2.45, 2.75) is 45.1 Å². The first-order valence-electron chi connectivity index (χ1n) is 4.95. The summed E-state index contributed by atoms with van der Waals surface area (Å²) in [5.41, 5.74) is 1.55. The van der Waals surface area contributed by atoms with Crippen LogP contribution in [0, 0.1) is 0 Å². The molecule has 0 aliphatic carbocycles. The maximum Gasteiger partial charge on any atom is 0.0631 e. The third kappa shape index (κ3) is 2.82. The van der Waals surface area contributed by atoms with E-state index in [1.54, 1.807) is 18.4 Å². The van der Waals surface area contributed by atoms with Gasteiger partial charge in [0.15, 0.2) is 0 Å². The summed E-state index contributed by atoms with van der Waals surface area (Å²) in [4.78, 5) is 0. The first kappa shape index (κ1) is 11.7. The van der Waals surface area contributed by atoms with Gasteiger partial charge in [0, 0.05) is 7.11 Å². The molecule has 0 spiro atoms. The van der Waals surface area contributed by atoms with Crippen LogP contribution >= 0.6 is 11.3 Å². The molecule has 0 fully saturated rings. The largest absolute Gasteiger partial charge is 0.379 e. The van der Waals surface area contributed by atoms with Crippen LogP contribution < -0.4 is 0 Å². The molecule has 1 aromatic rings. The molecule has 0 unspecified atom stereocenters. The van der Waals surface area contributed by atoms with E-state index in [4.69, 9.17) is 4.74 Å². The highest BCUT2D eigenvalue weighted by Crippen LogP contribution is 2.34. The van der Waals surface area contributed by atoms with Gasteiger partial charge in [-0.15, -0.1) is 0 Å². The smallest absolute Gasteiger partial charge is 0.0631 e. The van der Waals surface area contributed by atoms with Crippen LogP contribution in [0.1, 0.15) is 39.7 Å². The number of thiophene rings is 1. The van der Waals surface area contributed by atoms with E-state index < -0.39 is 0 Å². The van der Waals surface area contributed by atoms with E-state index in [1.165, 1.54) is 5.56 Å². The molecular weight excluding hydrogens is 192 g/mol. The Balaban J connectivity index is 2.77. The summed E-state index contributed by atoms with van der Waals surface area (Å²) in [7, 11) is 1.78. The monoisotopic (exact) mass is 212 g/mol. The van der Waals surface area contributed by atoms with E-state index in [1.807, 2.05) is 0 Å². The van der Waals surface area contributed by atoms with Crippen molar-refractivity contribution in [1.82, 2.24) is 0 Å². The van der Waals surface area contributed by atoms with Gasteiger partial charge < -0.3 is 4.74 Å². The molecule has 0 saturated heterocycles. The van der Waals surface area contributed by atoms with Crippen LogP contribution in [0.5, 0.6) is 0 Å². The van der Waals surface area contributed by atoms with Crippen molar-refractivity contribution in [2.24, 2.45) is 0 Å². The quantitative estimate of drug-likeness (QED) is 0.737. The SMILES string of the molecule is COC(C)(C)CC(C)(C)c1ccsc1. The summed E-state index contributed by atoms with van der Waals surface area (Å²) < 4.78 is 5.47. The van der Waals surface area contributed by atoms with Gasteiger partial charge >= 0.3 is 0 Å².